The SMILES string of the molecule is CCOc1ccc(NC(=S)NC(=O)/C=C/c2ccc(-c3ccc(C)c(Cl)c3)o2)cc1. The van der Waals surface area contributed by atoms with Gasteiger partial charge in [-0.15, -0.1) is 0 Å². The molecular formula is C23H21ClN2O3S. The molecular weight excluding hydrogens is 420 g/mol. The molecule has 154 valence electrons. The Labute approximate surface area is 185 Å². The summed E-state index contributed by atoms with van der Waals surface area (Å²) in [4.78, 5) is 12.1. The third-order valence-corrected chi connectivity index (χ3v) is 4.75. The van der Waals surface area contributed by atoms with Crippen molar-refractivity contribution in [3.8, 4) is 17.1 Å². The molecule has 0 fully saturated rings. The number of carbonyl (C=O) groups is 1. The molecule has 0 bridgehead atoms. The van der Waals surface area contributed by atoms with Gasteiger partial charge in [-0.1, -0.05) is 23.7 Å². The highest BCUT2D eigenvalue weighted by atomic mass is 35.5. The maximum absolute atomic E-state index is 12.1. The zero-order valence-electron chi connectivity index (χ0n) is 16.6. The maximum Gasteiger partial charge on any atom is 0.250 e. The molecule has 0 spiro atoms. The Balaban J connectivity index is 1.54. The molecule has 0 saturated heterocycles. The number of benzene rings is 2. The molecule has 7 heteroatoms. The number of rotatable bonds is 6. The van der Waals surface area contributed by atoms with E-state index in [2.05, 4.69) is 10.6 Å². The molecule has 30 heavy (non-hydrogen) atoms. The third-order valence-electron chi connectivity index (χ3n) is 4.14. The van der Waals surface area contributed by atoms with Crippen LogP contribution in [0.3, 0.4) is 0 Å². The van der Waals surface area contributed by atoms with Crippen molar-refractivity contribution in [1.82, 2.24) is 5.32 Å². The zero-order chi connectivity index (χ0) is 21.5. The fourth-order valence-electron chi connectivity index (χ4n) is 2.62. The lowest BCUT2D eigenvalue weighted by atomic mass is 10.1. The second-order valence-electron chi connectivity index (χ2n) is 6.40. The fraction of sp³-hybridized carbons (Fsp3) is 0.130. The molecule has 0 saturated carbocycles. The number of anilines is 1. The predicted molar refractivity (Wildman–Crippen MR) is 125 cm³/mol. The topological polar surface area (TPSA) is 63.5 Å². The van der Waals surface area contributed by atoms with Gasteiger partial charge >= 0.3 is 0 Å². The van der Waals surface area contributed by atoms with E-state index in [-0.39, 0.29) is 11.0 Å². The van der Waals surface area contributed by atoms with E-state index in [1.807, 2.05) is 62.4 Å². The molecule has 1 amide bonds. The maximum atomic E-state index is 12.1. The number of hydrogen-bond donors (Lipinski definition) is 2. The standard InChI is InChI=1S/C23H21ClN2O3S/c1-3-28-18-8-6-17(7-9-18)25-23(30)26-22(27)13-11-19-10-12-21(29-19)16-5-4-15(2)20(24)14-16/h4-14H,3H2,1-2H3,(H2,25,26,27,30)/b13-11+. The first kappa shape index (κ1) is 21.6. The number of hydrogen-bond acceptors (Lipinski definition) is 4. The number of nitrogens with one attached hydrogen (secondary N) is 2. The highest BCUT2D eigenvalue weighted by Crippen LogP contribution is 2.27. The van der Waals surface area contributed by atoms with Crippen molar-refractivity contribution in [1.29, 1.82) is 0 Å². The minimum atomic E-state index is -0.366. The molecule has 0 radical (unpaired) electrons. The summed E-state index contributed by atoms with van der Waals surface area (Å²) >= 11 is 11.3. The van der Waals surface area contributed by atoms with Crippen molar-refractivity contribution in [3.05, 3.63) is 77.0 Å². The molecule has 0 unspecified atom stereocenters. The molecule has 0 atom stereocenters. The van der Waals surface area contributed by atoms with Gasteiger partial charge in [-0.05, 0) is 80.2 Å². The van der Waals surface area contributed by atoms with Gasteiger partial charge in [-0.3, -0.25) is 10.1 Å². The summed E-state index contributed by atoms with van der Waals surface area (Å²) in [5.74, 6) is 1.62. The number of carbonyl (C=O) groups excluding carboxylic acids is 1. The largest absolute Gasteiger partial charge is 0.494 e. The molecule has 1 aromatic heterocycles. The number of furan rings is 1. The van der Waals surface area contributed by atoms with Crippen LogP contribution in [0, 0.1) is 6.92 Å². The minimum absolute atomic E-state index is 0.197. The van der Waals surface area contributed by atoms with Gasteiger partial charge in [0.05, 0.1) is 6.61 Å². The third kappa shape index (κ3) is 5.95. The summed E-state index contributed by atoms with van der Waals surface area (Å²) < 4.78 is 11.2. The summed E-state index contributed by atoms with van der Waals surface area (Å²) in [7, 11) is 0. The number of halogens is 1. The van der Waals surface area contributed by atoms with E-state index >= 15 is 0 Å². The lowest BCUT2D eigenvalue weighted by molar-refractivity contribution is -0.115. The van der Waals surface area contributed by atoms with Crippen LogP contribution in [0.25, 0.3) is 17.4 Å². The van der Waals surface area contributed by atoms with E-state index in [1.165, 1.54) is 6.08 Å². The molecule has 0 aliphatic heterocycles. The van der Waals surface area contributed by atoms with Crippen molar-refractivity contribution >= 4 is 46.6 Å². The smallest absolute Gasteiger partial charge is 0.250 e. The number of aryl methyl sites for hydroxylation is 1. The average molecular weight is 441 g/mol. The molecule has 3 rings (SSSR count). The van der Waals surface area contributed by atoms with Gasteiger partial charge in [0.15, 0.2) is 5.11 Å². The number of thiocarbonyl (C=S) groups is 1. The van der Waals surface area contributed by atoms with Crippen molar-refractivity contribution < 1.29 is 13.9 Å². The minimum Gasteiger partial charge on any atom is -0.494 e. The number of ether oxygens (including phenoxy) is 1. The summed E-state index contributed by atoms with van der Waals surface area (Å²) in [6.45, 7) is 4.46. The quantitative estimate of drug-likeness (QED) is 0.372. The molecule has 3 aromatic rings. The lowest BCUT2D eigenvalue weighted by Gasteiger charge is -2.09. The predicted octanol–water partition coefficient (Wildman–Crippen LogP) is 5.83. The van der Waals surface area contributed by atoms with E-state index in [1.54, 1.807) is 12.1 Å². The normalized spacial score (nSPS) is 10.8. The Morgan fingerprint density at radius 1 is 1.17 bits per heavy atom. The highest BCUT2D eigenvalue weighted by molar-refractivity contribution is 7.80. The summed E-state index contributed by atoms with van der Waals surface area (Å²) in [5.41, 5.74) is 2.62. The highest BCUT2D eigenvalue weighted by Gasteiger charge is 2.06. The van der Waals surface area contributed by atoms with Crippen LogP contribution in [0.1, 0.15) is 18.2 Å². The molecule has 0 aliphatic rings. The van der Waals surface area contributed by atoms with Crippen LogP contribution in [0.5, 0.6) is 5.75 Å². The van der Waals surface area contributed by atoms with E-state index < -0.39 is 0 Å². The molecule has 5 nitrogen and oxygen atoms in total. The van der Waals surface area contributed by atoms with Crippen molar-refractivity contribution in [2.24, 2.45) is 0 Å². The number of amides is 1. The van der Waals surface area contributed by atoms with Crippen LogP contribution in [0.15, 0.2) is 65.1 Å². The van der Waals surface area contributed by atoms with E-state index in [9.17, 15) is 4.79 Å². The second-order valence-corrected chi connectivity index (χ2v) is 7.22. The van der Waals surface area contributed by atoms with Crippen molar-refractivity contribution in [3.63, 3.8) is 0 Å². The van der Waals surface area contributed by atoms with Crippen LogP contribution in [-0.2, 0) is 4.79 Å². The first-order chi connectivity index (χ1) is 14.4. The summed E-state index contributed by atoms with van der Waals surface area (Å²) in [6.07, 6.45) is 2.94. The van der Waals surface area contributed by atoms with Crippen LogP contribution in [0.2, 0.25) is 5.02 Å². The molecule has 2 aromatic carbocycles. The second kappa shape index (κ2) is 10.1. The van der Waals surface area contributed by atoms with E-state index in [4.69, 9.17) is 33.0 Å². The molecule has 0 aliphatic carbocycles. The van der Waals surface area contributed by atoms with Gasteiger partial charge in [-0.2, -0.15) is 0 Å². The monoisotopic (exact) mass is 440 g/mol. The zero-order valence-corrected chi connectivity index (χ0v) is 18.1. The van der Waals surface area contributed by atoms with E-state index in [0.717, 1.165) is 22.6 Å². The Bertz CT molecular complexity index is 1070. The van der Waals surface area contributed by atoms with Crippen molar-refractivity contribution in [2.75, 3.05) is 11.9 Å². The van der Waals surface area contributed by atoms with Gasteiger partial charge in [0, 0.05) is 22.3 Å². The van der Waals surface area contributed by atoms with E-state index in [0.29, 0.717) is 23.2 Å². The lowest BCUT2D eigenvalue weighted by Crippen LogP contribution is -2.32. The fourth-order valence-corrected chi connectivity index (χ4v) is 3.02. The van der Waals surface area contributed by atoms with Crippen LogP contribution >= 0.6 is 23.8 Å². The Morgan fingerprint density at radius 3 is 2.63 bits per heavy atom. The van der Waals surface area contributed by atoms with Gasteiger partial charge in [0.25, 0.3) is 0 Å². The van der Waals surface area contributed by atoms with Gasteiger partial charge in [0.2, 0.25) is 5.91 Å². The first-order valence-electron chi connectivity index (χ1n) is 9.34. The van der Waals surface area contributed by atoms with Crippen LogP contribution in [-0.4, -0.2) is 17.6 Å². The van der Waals surface area contributed by atoms with Crippen LogP contribution < -0.4 is 15.4 Å². The van der Waals surface area contributed by atoms with Crippen molar-refractivity contribution in [2.45, 2.75) is 13.8 Å². The van der Waals surface area contributed by atoms with Gasteiger partial charge < -0.3 is 14.5 Å². The Morgan fingerprint density at radius 2 is 1.93 bits per heavy atom. The molecule has 1 heterocycles. The average Bonchev–Trinajstić information content (AvgIpc) is 3.19. The van der Waals surface area contributed by atoms with Gasteiger partial charge in [0.1, 0.15) is 17.3 Å². The Hall–Kier alpha value is -3.09. The van der Waals surface area contributed by atoms with Gasteiger partial charge in [-0.25, -0.2) is 0 Å². The summed E-state index contributed by atoms with van der Waals surface area (Å²) in [5, 5.41) is 6.42. The first-order valence-corrected chi connectivity index (χ1v) is 10.1. The molecule has 2 N–H and O–H groups in total. The summed E-state index contributed by atoms with van der Waals surface area (Å²) in [6, 6.07) is 16.6. The Kier molecular flexibility index (Phi) is 7.27. The van der Waals surface area contributed by atoms with Crippen LogP contribution in [0.4, 0.5) is 5.69 Å².